The van der Waals surface area contributed by atoms with Gasteiger partial charge in [-0.1, -0.05) is 35.6 Å². The smallest absolute Gasteiger partial charge is 0.243 e. The predicted octanol–water partition coefficient (Wildman–Crippen LogP) is 4.48. The molecule has 0 atom stereocenters. The normalized spacial score (nSPS) is 11.0. The number of aryl methyl sites for hydroxylation is 3. The molecular weight excluding hydrogens is 382 g/mol. The predicted molar refractivity (Wildman–Crippen MR) is 119 cm³/mol. The van der Waals surface area contributed by atoms with E-state index in [-0.39, 0.29) is 12.5 Å². The van der Waals surface area contributed by atoms with Crippen LogP contribution in [-0.4, -0.2) is 34.3 Å². The lowest BCUT2D eigenvalue weighted by Gasteiger charge is -2.15. The quantitative estimate of drug-likeness (QED) is 0.532. The van der Waals surface area contributed by atoms with E-state index >= 15 is 0 Å². The third-order valence-electron chi connectivity index (χ3n) is 4.88. The number of nitrogens with one attached hydrogen (secondary N) is 1. The molecule has 2 heterocycles. The highest BCUT2D eigenvalue weighted by Crippen LogP contribution is 2.32. The molecule has 6 nitrogen and oxygen atoms in total. The molecule has 0 spiro atoms. The number of thiazole rings is 1. The summed E-state index contributed by atoms with van der Waals surface area (Å²) in [6.45, 7) is 6.30. The zero-order valence-corrected chi connectivity index (χ0v) is 17.7. The summed E-state index contributed by atoms with van der Waals surface area (Å²) in [4.78, 5) is 19.1. The molecule has 0 unspecified atom stereocenters. The Morgan fingerprint density at radius 3 is 2.59 bits per heavy atom. The molecule has 0 radical (unpaired) electrons. The van der Waals surface area contributed by atoms with Gasteiger partial charge in [-0.3, -0.25) is 4.79 Å². The van der Waals surface area contributed by atoms with Gasteiger partial charge in [-0.25, -0.2) is 4.68 Å². The van der Waals surface area contributed by atoms with Crippen molar-refractivity contribution in [3.8, 4) is 5.69 Å². The van der Waals surface area contributed by atoms with Gasteiger partial charge < -0.3 is 10.2 Å². The molecule has 2 aromatic carbocycles. The van der Waals surface area contributed by atoms with E-state index in [1.54, 1.807) is 11.3 Å². The minimum atomic E-state index is -0.0728. The zero-order valence-electron chi connectivity index (χ0n) is 16.9. The minimum absolute atomic E-state index is 0.0728. The van der Waals surface area contributed by atoms with E-state index in [9.17, 15) is 4.79 Å². The Balaban J connectivity index is 1.53. The van der Waals surface area contributed by atoms with Gasteiger partial charge in [0, 0.05) is 12.7 Å². The number of anilines is 2. The van der Waals surface area contributed by atoms with Crippen LogP contribution < -0.4 is 10.2 Å². The molecule has 1 amide bonds. The van der Waals surface area contributed by atoms with Crippen LogP contribution in [0.2, 0.25) is 0 Å². The number of para-hydroxylation sites is 1. The number of rotatable bonds is 5. The number of hydrogen-bond acceptors (Lipinski definition) is 5. The first-order valence-electron chi connectivity index (χ1n) is 9.42. The van der Waals surface area contributed by atoms with Crippen molar-refractivity contribution < 1.29 is 4.79 Å². The van der Waals surface area contributed by atoms with Crippen LogP contribution in [0.25, 0.3) is 16.0 Å². The molecule has 148 valence electrons. The minimum Gasteiger partial charge on any atom is -0.342 e. The van der Waals surface area contributed by atoms with Gasteiger partial charge in [0.25, 0.3) is 0 Å². The fourth-order valence-corrected chi connectivity index (χ4v) is 4.09. The van der Waals surface area contributed by atoms with Gasteiger partial charge in [0.2, 0.25) is 5.91 Å². The first-order valence-corrected chi connectivity index (χ1v) is 10.2. The third kappa shape index (κ3) is 3.86. The maximum Gasteiger partial charge on any atom is 0.243 e. The van der Waals surface area contributed by atoms with E-state index in [0.29, 0.717) is 0 Å². The Morgan fingerprint density at radius 1 is 1.10 bits per heavy atom. The summed E-state index contributed by atoms with van der Waals surface area (Å²) in [6, 6.07) is 15.9. The largest absolute Gasteiger partial charge is 0.342 e. The van der Waals surface area contributed by atoms with Gasteiger partial charge in [-0.2, -0.15) is 10.1 Å². The van der Waals surface area contributed by atoms with Crippen molar-refractivity contribution in [2.75, 3.05) is 23.8 Å². The van der Waals surface area contributed by atoms with E-state index in [1.807, 2.05) is 79.0 Å². The first kappa shape index (κ1) is 19.1. The zero-order chi connectivity index (χ0) is 20.5. The molecule has 4 rings (SSSR count). The summed E-state index contributed by atoms with van der Waals surface area (Å²) < 4.78 is 2.89. The SMILES string of the molecule is Cc1ccc(NC(=O)CN(C)c2nc3c(s2)c(C)nn3-c2ccccc2)cc1C. The molecule has 7 heteroatoms. The summed E-state index contributed by atoms with van der Waals surface area (Å²) in [7, 11) is 1.88. The van der Waals surface area contributed by atoms with Gasteiger partial charge in [0.15, 0.2) is 10.8 Å². The van der Waals surface area contributed by atoms with Crippen LogP contribution in [0.3, 0.4) is 0 Å². The van der Waals surface area contributed by atoms with Crippen molar-refractivity contribution in [1.29, 1.82) is 0 Å². The molecule has 0 saturated heterocycles. The second kappa shape index (κ2) is 7.67. The standard InChI is InChI=1S/C22H23N5OS/c1-14-10-11-17(12-15(14)2)23-19(28)13-26(4)22-24-21-20(29-22)16(3)25-27(21)18-8-6-5-7-9-18/h5-12H,13H2,1-4H3,(H,23,28). The Bertz CT molecular complexity index is 1180. The second-order valence-corrected chi connectivity index (χ2v) is 8.16. The molecule has 0 aliphatic heterocycles. The average molecular weight is 406 g/mol. The highest BCUT2D eigenvalue weighted by Gasteiger charge is 2.18. The average Bonchev–Trinajstić information content (AvgIpc) is 3.26. The maximum atomic E-state index is 12.5. The summed E-state index contributed by atoms with van der Waals surface area (Å²) in [5.41, 5.74) is 5.89. The van der Waals surface area contributed by atoms with Crippen molar-refractivity contribution in [2.45, 2.75) is 20.8 Å². The van der Waals surface area contributed by atoms with Crippen LogP contribution >= 0.6 is 11.3 Å². The Morgan fingerprint density at radius 2 is 1.86 bits per heavy atom. The van der Waals surface area contributed by atoms with Crippen molar-refractivity contribution in [1.82, 2.24) is 14.8 Å². The van der Waals surface area contributed by atoms with Gasteiger partial charge in [-0.15, -0.1) is 0 Å². The molecule has 29 heavy (non-hydrogen) atoms. The van der Waals surface area contributed by atoms with Crippen molar-refractivity contribution in [3.63, 3.8) is 0 Å². The first-order chi connectivity index (χ1) is 13.9. The second-order valence-electron chi connectivity index (χ2n) is 7.19. The lowest BCUT2D eigenvalue weighted by molar-refractivity contribution is -0.114. The summed E-state index contributed by atoms with van der Waals surface area (Å²) in [5, 5.41) is 8.38. The topological polar surface area (TPSA) is 63.1 Å². The van der Waals surface area contributed by atoms with Crippen molar-refractivity contribution in [3.05, 3.63) is 65.4 Å². The number of hydrogen-bond donors (Lipinski definition) is 1. The van der Waals surface area contributed by atoms with Crippen LogP contribution in [0, 0.1) is 20.8 Å². The van der Waals surface area contributed by atoms with Crippen molar-refractivity contribution >= 4 is 38.4 Å². The molecular formula is C22H23N5OS. The van der Waals surface area contributed by atoms with E-state index in [0.717, 1.165) is 38.1 Å². The number of benzene rings is 2. The number of amides is 1. The highest BCUT2D eigenvalue weighted by atomic mass is 32.1. The molecule has 0 fully saturated rings. The molecule has 4 aromatic rings. The summed E-state index contributed by atoms with van der Waals surface area (Å²) in [5.74, 6) is -0.0728. The van der Waals surface area contributed by atoms with Crippen molar-refractivity contribution in [2.24, 2.45) is 0 Å². The van der Waals surface area contributed by atoms with Gasteiger partial charge in [0.05, 0.1) is 22.6 Å². The lowest BCUT2D eigenvalue weighted by Crippen LogP contribution is -2.30. The van der Waals surface area contributed by atoms with Crippen LogP contribution in [0.4, 0.5) is 10.8 Å². The highest BCUT2D eigenvalue weighted by molar-refractivity contribution is 7.22. The Hall–Kier alpha value is -3.19. The van der Waals surface area contributed by atoms with Crippen LogP contribution in [0.15, 0.2) is 48.5 Å². The molecule has 0 aliphatic carbocycles. The Labute approximate surface area is 173 Å². The van der Waals surface area contributed by atoms with E-state index < -0.39 is 0 Å². The lowest BCUT2D eigenvalue weighted by atomic mass is 10.1. The molecule has 0 aliphatic rings. The van der Waals surface area contributed by atoms with E-state index in [1.165, 1.54) is 5.56 Å². The Kier molecular flexibility index (Phi) is 5.07. The van der Waals surface area contributed by atoms with Gasteiger partial charge >= 0.3 is 0 Å². The number of aromatic nitrogens is 3. The molecule has 0 saturated carbocycles. The fraction of sp³-hybridized carbons (Fsp3) is 0.227. The van der Waals surface area contributed by atoms with Gasteiger partial charge in [0.1, 0.15) is 0 Å². The number of carbonyl (C=O) groups is 1. The number of nitrogens with zero attached hydrogens (tertiary/aromatic N) is 4. The van der Waals surface area contributed by atoms with Crippen LogP contribution in [-0.2, 0) is 4.79 Å². The van der Waals surface area contributed by atoms with Crippen LogP contribution in [0.5, 0.6) is 0 Å². The van der Waals surface area contributed by atoms with Crippen LogP contribution in [0.1, 0.15) is 16.8 Å². The van der Waals surface area contributed by atoms with E-state index in [2.05, 4.69) is 17.3 Å². The maximum absolute atomic E-state index is 12.5. The monoisotopic (exact) mass is 405 g/mol. The fourth-order valence-electron chi connectivity index (χ4n) is 3.14. The number of likely N-dealkylation sites (N-methyl/N-ethyl adjacent to an activating group) is 1. The van der Waals surface area contributed by atoms with Gasteiger partial charge in [-0.05, 0) is 56.2 Å². The number of carbonyl (C=O) groups excluding carboxylic acids is 1. The summed E-state index contributed by atoms with van der Waals surface area (Å²) in [6.07, 6.45) is 0. The summed E-state index contributed by atoms with van der Waals surface area (Å²) >= 11 is 1.55. The number of fused-ring (bicyclic) bond motifs is 1. The molecule has 1 N–H and O–H groups in total. The third-order valence-corrected chi connectivity index (χ3v) is 6.14. The van der Waals surface area contributed by atoms with E-state index in [4.69, 9.17) is 4.98 Å². The molecule has 0 bridgehead atoms. The molecule has 2 aromatic heterocycles.